The number of carbonyl (C=O) groups excluding carboxylic acids is 2. The van der Waals surface area contributed by atoms with Crippen LogP contribution in [0, 0.1) is 5.41 Å². The Morgan fingerprint density at radius 2 is 1.55 bits per heavy atom. The highest BCUT2D eigenvalue weighted by Gasteiger charge is 2.26. The van der Waals surface area contributed by atoms with Gasteiger partial charge in [-0.2, -0.15) is 0 Å². The maximum atomic E-state index is 11.6. The number of alkyl carbamates (subject to hydrolysis) is 1. The number of hydrogen-bond donors (Lipinski definition) is 4. The normalized spacial score (nSPS) is 12.6. The summed E-state index contributed by atoms with van der Waals surface area (Å²) in [5.41, 5.74) is 4.71. The predicted molar refractivity (Wildman–Crippen MR) is 84.3 cm³/mol. The molecule has 130 valence electrons. The summed E-state index contributed by atoms with van der Waals surface area (Å²) in [4.78, 5) is 23.1. The van der Waals surface area contributed by atoms with E-state index in [2.05, 4.69) is 16.0 Å². The molecule has 0 aliphatic carbocycles. The van der Waals surface area contributed by atoms with E-state index in [-0.39, 0.29) is 0 Å². The fourth-order valence-corrected chi connectivity index (χ4v) is 1.33. The number of amides is 1. The molecular weight excluding hydrogens is 288 g/mol. The van der Waals surface area contributed by atoms with Gasteiger partial charge in [0, 0.05) is 46.2 Å². The highest BCUT2D eigenvalue weighted by atomic mass is 16.7. The second-order valence-corrected chi connectivity index (χ2v) is 5.84. The predicted octanol–water partition coefficient (Wildman–Crippen LogP) is -0.214. The quantitative estimate of drug-likeness (QED) is 0.250. The maximum absolute atomic E-state index is 11.6. The monoisotopic (exact) mass is 318 g/mol. The topological polar surface area (TPSA) is 115 Å². The van der Waals surface area contributed by atoms with E-state index in [1.165, 1.54) is 6.92 Å². The summed E-state index contributed by atoms with van der Waals surface area (Å²) in [5.74, 6) is -0.417. The molecule has 0 saturated carbocycles. The van der Waals surface area contributed by atoms with Crippen molar-refractivity contribution in [3.63, 3.8) is 0 Å². The Labute approximate surface area is 132 Å². The molecule has 22 heavy (non-hydrogen) atoms. The van der Waals surface area contributed by atoms with Gasteiger partial charge in [-0.05, 0) is 20.8 Å². The number of rotatable bonds is 10. The molecule has 8 heteroatoms. The summed E-state index contributed by atoms with van der Waals surface area (Å²) in [5, 5.41) is 8.86. The minimum absolute atomic E-state index is 0.417. The lowest BCUT2D eigenvalue weighted by molar-refractivity contribution is -0.174. The van der Waals surface area contributed by atoms with Gasteiger partial charge in [0.2, 0.25) is 6.29 Å². The summed E-state index contributed by atoms with van der Waals surface area (Å²) in [7, 11) is 0. The fraction of sp³-hybridized carbons (Fsp3) is 0.857. The minimum Gasteiger partial charge on any atom is -0.425 e. The SMILES string of the molecule is C[C@@H](OC(=O)NCCNCCNCCN)OC(=O)C(C)(C)C. The number of hydrogen-bond acceptors (Lipinski definition) is 7. The van der Waals surface area contributed by atoms with Crippen LogP contribution in [0.25, 0.3) is 0 Å². The van der Waals surface area contributed by atoms with Crippen molar-refractivity contribution in [2.24, 2.45) is 11.1 Å². The van der Waals surface area contributed by atoms with E-state index in [9.17, 15) is 9.59 Å². The van der Waals surface area contributed by atoms with Gasteiger partial charge in [-0.3, -0.25) is 4.79 Å². The Morgan fingerprint density at radius 3 is 2.09 bits per heavy atom. The highest BCUT2D eigenvalue weighted by Crippen LogP contribution is 2.16. The van der Waals surface area contributed by atoms with Crippen molar-refractivity contribution in [1.29, 1.82) is 0 Å². The van der Waals surface area contributed by atoms with Gasteiger partial charge < -0.3 is 31.2 Å². The summed E-state index contributed by atoms with van der Waals surface area (Å²) < 4.78 is 9.94. The lowest BCUT2D eigenvalue weighted by Gasteiger charge is -2.20. The Morgan fingerprint density at radius 1 is 1.00 bits per heavy atom. The average molecular weight is 318 g/mol. The molecule has 0 aromatic carbocycles. The zero-order valence-electron chi connectivity index (χ0n) is 14.0. The third-order valence-electron chi connectivity index (χ3n) is 2.53. The third kappa shape index (κ3) is 11.3. The first kappa shape index (κ1) is 20.6. The molecular formula is C14H30N4O4. The molecule has 0 aromatic heterocycles. The average Bonchev–Trinajstić information content (AvgIpc) is 2.40. The number of ether oxygens (including phenoxy) is 2. The molecule has 0 unspecified atom stereocenters. The van der Waals surface area contributed by atoms with Crippen LogP contribution < -0.4 is 21.7 Å². The molecule has 0 radical (unpaired) electrons. The van der Waals surface area contributed by atoms with Gasteiger partial charge in [0.25, 0.3) is 0 Å². The molecule has 0 bridgehead atoms. The lowest BCUT2D eigenvalue weighted by Crippen LogP contribution is -2.37. The maximum Gasteiger partial charge on any atom is 0.410 e. The van der Waals surface area contributed by atoms with E-state index < -0.39 is 23.8 Å². The first-order valence-corrected chi connectivity index (χ1v) is 7.54. The van der Waals surface area contributed by atoms with Crippen LogP contribution in [-0.4, -0.2) is 57.6 Å². The van der Waals surface area contributed by atoms with E-state index in [1.807, 2.05) is 0 Å². The first-order valence-electron chi connectivity index (χ1n) is 7.54. The van der Waals surface area contributed by atoms with Gasteiger partial charge in [0.15, 0.2) is 0 Å². The van der Waals surface area contributed by atoms with Gasteiger partial charge in [0.1, 0.15) is 0 Å². The number of esters is 1. The standard InChI is InChI=1S/C14H30N4O4/c1-11(21-12(19)14(2,3)4)22-13(20)18-10-9-17-8-7-16-6-5-15/h11,16-17H,5-10,15H2,1-4H3,(H,18,20)/t11-/m1/s1. The van der Waals surface area contributed by atoms with E-state index in [4.69, 9.17) is 15.2 Å². The van der Waals surface area contributed by atoms with E-state index in [0.29, 0.717) is 19.6 Å². The summed E-state index contributed by atoms with van der Waals surface area (Å²) in [6, 6.07) is 0. The minimum atomic E-state index is -0.917. The molecule has 0 saturated heterocycles. The van der Waals surface area contributed by atoms with Crippen molar-refractivity contribution in [2.45, 2.75) is 34.0 Å². The van der Waals surface area contributed by atoms with Crippen molar-refractivity contribution in [3.8, 4) is 0 Å². The number of carbonyl (C=O) groups is 2. The van der Waals surface area contributed by atoms with Crippen LogP contribution in [0.1, 0.15) is 27.7 Å². The lowest BCUT2D eigenvalue weighted by atomic mass is 9.97. The number of nitrogens with two attached hydrogens (primary N) is 1. The second-order valence-electron chi connectivity index (χ2n) is 5.84. The second kappa shape index (κ2) is 11.2. The van der Waals surface area contributed by atoms with Gasteiger partial charge >= 0.3 is 12.1 Å². The Hall–Kier alpha value is -1.38. The van der Waals surface area contributed by atoms with Crippen molar-refractivity contribution in [1.82, 2.24) is 16.0 Å². The van der Waals surface area contributed by atoms with Crippen LogP contribution in [0.4, 0.5) is 4.79 Å². The van der Waals surface area contributed by atoms with Crippen molar-refractivity contribution in [2.75, 3.05) is 39.3 Å². The summed E-state index contributed by atoms with van der Waals surface area (Å²) in [6.07, 6.45) is -1.53. The van der Waals surface area contributed by atoms with Crippen LogP contribution in [0.3, 0.4) is 0 Å². The molecule has 0 aliphatic rings. The molecule has 1 amide bonds. The first-order chi connectivity index (χ1) is 10.3. The van der Waals surface area contributed by atoms with Gasteiger partial charge in [0.05, 0.1) is 5.41 Å². The van der Waals surface area contributed by atoms with E-state index >= 15 is 0 Å². The van der Waals surface area contributed by atoms with Crippen LogP contribution in [0.5, 0.6) is 0 Å². The number of nitrogens with one attached hydrogen (secondary N) is 3. The van der Waals surface area contributed by atoms with Crippen LogP contribution in [0.15, 0.2) is 0 Å². The molecule has 8 nitrogen and oxygen atoms in total. The molecule has 0 fully saturated rings. The smallest absolute Gasteiger partial charge is 0.410 e. The Kier molecular flexibility index (Phi) is 10.5. The largest absolute Gasteiger partial charge is 0.425 e. The van der Waals surface area contributed by atoms with E-state index in [1.54, 1.807) is 20.8 Å². The molecule has 0 spiro atoms. The summed E-state index contributed by atoms with van der Waals surface area (Å²) in [6.45, 7) is 10.8. The summed E-state index contributed by atoms with van der Waals surface area (Å²) >= 11 is 0. The zero-order valence-corrected chi connectivity index (χ0v) is 14.0. The van der Waals surface area contributed by atoms with Crippen molar-refractivity contribution >= 4 is 12.1 Å². The molecule has 1 atom stereocenters. The van der Waals surface area contributed by atoms with Crippen LogP contribution in [-0.2, 0) is 14.3 Å². The van der Waals surface area contributed by atoms with Gasteiger partial charge in [-0.15, -0.1) is 0 Å². The molecule has 0 heterocycles. The van der Waals surface area contributed by atoms with Crippen LogP contribution in [0.2, 0.25) is 0 Å². The Bertz CT molecular complexity index is 331. The molecule has 0 aliphatic heterocycles. The van der Waals surface area contributed by atoms with Gasteiger partial charge in [-0.25, -0.2) is 4.79 Å². The fourth-order valence-electron chi connectivity index (χ4n) is 1.33. The van der Waals surface area contributed by atoms with Crippen LogP contribution >= 0.6 is 0 Å². The highest BCUT2D eigenvalue weighted by molar-refractivity contribution is 5.75. The third-order valence-corrected chi connectivity index (χ3v) is 2.53. The molecule has 0 rings (SSSR count). The Balaban J connectivity index is 3.63. The van der Waals surface area contributed by atoms with E-state index in [0.717, 1.165) is 19.6 Å². The molecule has 5 N–H and O–H groups in total. The zero-order chi connectivity index (χ0) is 17.0. The van der Waals surface area contributed by atoms with Gasteiger partial charge in [-0.1, -0.05) is 0 Å². The van der Waals surface area contributed by atoms with Crippen molar-refractivity contribution in [3.05, 3.63) is 0 Å². The molecule has 0 aromatic rings. The van der Waals surface area contributed by atoms with Crippen molar-refractivity contribution < 1.29 is 19.1 Å².